The molecule has 0 unspecified atom stereocenters. The molecular weight excluding hydrogens is 200 g/mol. The van der Waals surface area contributed by atoms with Gasteiger partial charge in [0.1, 0.15) is 17.8 Å². The van der Waals surface area contributed by atoms with Crippen LogP contribution in [0.3, 0.4) is 0 Å². The molecule has 86 valence electrons. The van der Waals surface area contributed by atoms with Gasteiger partial charge in [-0.3, -0.25) is 0 Å². The van der Waals surface area contributed by atoms with Crippen LogP contribution in [0.1, 0.15) is 31.9 Å². The first-order chi connectivity index (χ1) is 7.81. The Morgan fingerprint density at radius 1 is 1.31 bits per heavy atom. The second-order valence-electron chi connectivity index (χ2n) is 4.07. The van der Waals surface area contributed by atoms with Crippen LogP contribution in [-0.4, -0.2) is 21.5 Å². The van der Waals surface area contributed by atoms with Gasteiger partial charge in [0, 0.05) is 12.2 Å². The number of unbranched alkanes of at least 4 members (excludes halogenated alkanes) is 2. The summed E-state index contributed by atoms with van der Waals surface area (Å²) in [6.07, 6.45) is 5.28. The number of fused-ring (bicyclic) bond motifs is 1. The largest absolute Gasteiger partial charge is 0.369 e. The summed E-state index contributed by atoms with van der Waals surface area (Å²) < 4.78 is 0. The molecule has 0 aromatic carbocycles. The van der Waals surface area contributed by atoms with E-state index in [1.165, 1.54) is 19.3 Å². The third kappa shape index (κ3) is 2.32. The molecule has 4 nitrogen and oxygen atoms in total. The standard InChI is InChI=1S/C12H18N4/c1-3-4-5-6-13-11-10-7-9(2)16-12(10)15-8-14-11/h7-8H,3-6H2,1-2H3,(H2,13,14,15,16). The fraction of sp³-hybridized carbons (Fsp3) is 0.500. The third-order valence-corrected chi connectivity index (χ3v) is 2.63. The van der Waals surface area contributed by atoms with Crippen LogP contribution in [0.2, 0.25) is 0 Å². The smallest absolute Gasteiger partial charge is 0.143 e. The van der Waals surface area contributed by atoms with Crippen molar-refractivity contribution in [2.45, 2.75) is 33.1 Å². The molecule has 0 bridgehead atoms. The zero-order valence-corrected chi connectivity index (χ0v) is 9.88. The van der Waals surface area contributed by atoms with Gasteiger partial charge in [-0.25, -0.2) is 9.97 Å². The molecule has 16 heavy (non-hydrogen) atoms. The molecule has 2 N–H and O–H groups in total. The first kappa shape index (κ1) is 10.9. The molecular formula is C12H18N4. The quantitative estimate of drug-likeness (QED) is 0.759. The minimum absolute atomic E-state index is 0.908. The van der Waals surface area contributed by atoms with Gasteiger partial charge in [0.15, 0.2) is 0 Å². The van der Waals surface area contributed by atoms with Crippen molar-refractivity contribution in [2.75, 3.05) is 11.9 Å². The SMILES string of the molecule is CCCCCNc1ncnc2[nH]c(C)cc12. The summed E-state index contributed by atoms with van der Waals surface area (Å²) in [5.74, 6) is 0.936. The Hall–Kier alpha value is -1.58. The van der Waals surface area contributed by atoms with Gasteiger partial charge in [-0.1, -0.05) is 19.8 Å². The van der Waals surface area contributed by atoms with Crippen molar-refractivity contribution in [3.05, 3.63) is 18.1 Å². The lowest BCUT2D eigenvalue weighted by atomic mass is 10.2. The number of anilines is 1. The van der Waals surface area contributed by atoms with Crippen LogP contribution >= 0.6 is 0 Å². The zero-order valence-electron chi connectivity index (χ0n) is 9.88. The third-order valence-electron chi connectivity index (χ3n) is 2.63. The second-order valence-corrected chi connectivity index (χ2v) is 4.07. The predicted octanol–water partition coefficient (Wildman–Crippen LogP) is 2.87. The molecule has 0 aliphatic carbocycles. The highest BCUT2D eigenvalue weighted by atomic mass is 15.0. The molecule has 0 radical (unpaired) electrons. The number of aromatic amines is 1. The van der Waals surface area contributed by atoms with Crippen LogP contribution in [0.5, 0.6) is 0 Å². The minimum Gasteiger partial charge on any atom is -0.369 e. The Morgan fingerprint density at radius 3 is 3.00 bits per heavy atom. The Balaban J connectivity index is 2.11. The summed E-state index contributed by atoms with van der Waals surface area (Å²) in [5.41, 5.74) is 2.03. The highest BCUT2D eigenvalue weighted by molar-refractivity contribution is 5.87. The molecule has 0 aliphatic rings. The van der Waals surface area contributed by atoms with Gasteiger partial charge in [0.05, 0.1) is 5.39 Å². The summed E-state index contributed by atoms with van der Waals surface area (Å²) >= 11 is 0. The fourth-order valence-electron chi connectivity index (χ4n) is 1.79. The molecule has 0 aliphatic heterocycles. The highest BCUT2D eigenvalue weighted by Gasteiger charge is 2.04. The van der Waals surface area contributed by atoms with Crippen molar-refractivity contribution in [1.82, 2.24) is 15.0 Å². The van der Waals surface area contributed by atoms with Gasteiger partial charge in [-0.15, -0.1) is 0 Å². The number of nitrogens with one attached hydrogen (secondary N) is 2. The van der Waals surface area contributed by atoms with E-state index in [1.54, 1.807) is 6.33 Å². The molecule has 4 heteroatoms. The molecule has 2 rings (SSSR count). The van der Waals surface area contributed by atoms with Crippen molar-refractivity contribution in [3.8, 4) is 0 Å². The summed E-state index contributed by atoms with van der Waals surface area (Å²) in [6, 6.07) is 2.08. The van der Waals surface area contributed by atoms with E-state index in [2.05, 4.69) is 33.3 Å². The second kappa shape index (κ2) is 4.96. The maximum absolute atomic E-state index is 4.28. The monoisotopic (exact) mass is 218 g/mol. The van der Waals surface area contributed by atoms with Crippen LogP contribution in [0.25, 0.3) is 11.0 Å². The Kier molecular flexibility index (Phi) is 3.39. The number of rotatable bonds is 5. The van der Waals surface area contributed by atoms with Crippen LogP contribution in [0.4, 0.5) is 5.82 Å². The van der Waals surface area contributed by atoms with Crippen LogP contribution in [0, 0.1) is 6.92 Å². The van der Waals surface area contributed by atoms with Crippen LogP contribution in [-0.2, 0) is 0 Å². The van der Waals surface area contributed by atoms with E-state index in [9.17, 15) is 0 Å². The highest BCUT2D eigenvalue weighted by Crippen LogP contribution is 2.19. The molecule has 2 aromatic rings. The summed E-state index contributed by atoms with van der Waals surface area (Å²) in [5, 5.41) is 4.44. The predicted molar refractivity (Wildman–Crippen MR) is 66.6 cm³/mol. The Labute approximate surface area is 95.5 Å². The number of hydrogen-bond donors (Lipinski definition) is 2. The maximum atomic E-state index is 4.28. The van der Waals surface area contributed by atoms with E-state index in [0.717, 1.165) is 29.1 Å². The lowest BCUT2D eigenvalue weighted by Crippen LogP contribution is -2.03. The van der Waals surface area contributed by atoms with E-state index in [-0.39, 0.29) is 0 Å². The van der Waals surface area contributed by atoms with Crippen molar-refractivity contribution in [3.63, 3.8) is 0 Å². The van der Waals surface area contributed by atoms with Crippen molar-refractivity contribution >= 4 is 16.9 Å². The van der Waals surface area contributed by atoms with Crippen LogP contribution < -0.4 is 5.32 Å². The molecule has 2 aromatic heterocycles. The number of H-pyrrole nitrogens is 1. The summed E-state index contributed by atoms with van der Waals surface area (Å²) in [4.78, 5) is 11.7. The normalized spacial score (nSPS) is 10.9. The Morgan fingerprint density at radius 2 is 2.19 bits per heavy atom. The average molecular weight is 218 g/mol. The Bertz CT molecular complexity index is 461. The number of aromatic nitrogens is 3. The van der Waals surface area contributed by atoms with Gasteiger partial charge < -0.3 is 10.3 Å². The minimum atomic E-state index is 0.908. The molecule has 0 saturated heterocycles. The molecule has 0 fully saturated rings. The lowest BCUT2D eigenvalue weighted by Gasteiger charge is -2.05. The number of aryl methyl sites for hydroxylation is 1. The zero-order chi connectivity index (χ0) is 11.4. The van der Waals surface area contributed by atoms with Crippen LogP contribution in [0.15, 0.2) is 12.4 Å². The number of hydrogen-bond acceptors (Lipinski definition) is 3. The van der Waals surface area contributed by atoms with E-state index in [0.29, 0.717) is 0 Å². The van der Waals surface area contributed by atoms with Crippen molar-refractivity contribution in [1.29, 1.82) is 0 Å². The average Bonchev–Trinajstić information content (AvgIpc) is 2.65. The van der Waals surface area contributed by atoms with Gasteiger partial charge in [-0.2, -0.15) is 0 Å². The number of nitrogens with zero attached hydrogens (tertiary/aromatic N) is 2. The lowest BCUT2D eigenvalue weighted by molar-refractivity contribution is 0.742. The molecule has 2 heterocycles. The molecule has 0 amide bonds. The van der Waals surface area contributed by atoms with Gasteiger partial charge in [0.2, 0.25) is 0 Å². The topological polar surface area (TPSA) is 53.6 Å². The van der Waals surface area contributed by atoms with E-state index >= 15 is 0 Å². The fourth-order valence-corrected chi connectivity index (χ4v) is 1.79. The van der Waals surface area contributed by atoms with Crippen molar-refractivity contribution in [2.24, 2.45) is 0 Å². The van der Waals surface area contributed by atoms with E-state index in [1.807, 2.05) is 6.92 Å². The summed E-state index contributed by atoms with van der Waals surface area (Å²) in [7, 11) is 0. The first-order valence-electron chi connectivity index (χ1n) is 5.85. The van der Waals surface area contributed by atoms with Gasteiger partial charge in [0.25, 0.3) is 0 Å². The van der Waals surface area contributed by atoms with Gasteiger partial charge >= 0.3 is 0 Å². The summed E-state index contributed by atoms with van der Waals surface area (Å²) in [6.45, 7) is 5.21. The van der Waals surface area contributed by atoms with Crippen molar-refractivity contribution < 1.29 is 0 Å². The van der Waals surface area contributed by atoms with Gasteiger partial charge in [-0.05, 0) is 19.4 Å². The molecule has 0 atom stereocenters. The molecule has 0 spiro atoms. The van der Waals surface area contributed by atoms with E-state index < -0.39 is 0 Å². The van der Waals surface area contributed by atoms with E-state index in [4.69, 9.17) is 0 Å². The maximum Gasteiger partial charge on any atom is 0.143 e. The first-order valence-corrected chi connectivity index (χ1v) is 5.85. The molecule has 0 saturated carbocycles.